The number of benzene rings is 4. The molecule has 5 nitrogen and oxygen atoms in total. The fourth-order valence-electron chi connectivity index (χ4n) is 5.40. The normalized spacial score (nSPS) is 16.0. The number of carbonyl (C=O) groups excluding carboxylic acids is 1. The molecule has 1 aliphatic heterocycles. The van der Waals surface area contributed by atoms with Crippen LogP contribution in [0.4, 0.5) is 13.2 Å². The summed E-state index contributed by atoms with van der Waals surface area (Å²) in [5, 5.41) is 2.76. The summed E-state index contributed by atoms with van der Waals surface area (Å²) in [6.45, 7) is -0.835. The van der Waals surface area contributed by atoms with Gasteiger partial charge in [-0.1, -0.05) is 121 Å². The summed E-state index contributed by atoms with van der Waals surface area (Å²) in [5.41, 5.74) is -5.28. The Balaban J connectivity index is 1.83. The number of esters is 1. The Morgan fingerprint density at radius 3 is 1.56 bits per heavy atom. The molecule has 4 aromatic rings. The number of nitrogens with one attached hydrogen (secondary N) is 1. The summed E-state index contributed by atoms with van der Waals surface area (Å²) in [6.07, 6.45) is 0. The maximum atomic E-state index is 14.2. The van der Waals surface area contributed by atoms with E-state index in [2.05, 4.69) is 5.32 Å². The van der Waals surface area contributed by atoms with Crippen LogP contribution in [0.1, 0.15) is 22.3 Å². The van der Waals surface area contributed by atoms with E-state index in [0.717, 1.165) is 0 Å². The number of halogens is 3. The molecule has 0 aliphatic carbocycles. The highest BCUT2D eigenvalue weighted by Crippen LogP contribution is 2.51. The molecule has 4 aromatic carbocycles. The number of ether oxygens (including phenoxy) is 1. The van der Waals surface area contributed by atoms with Crippen LogP contribution in [-0.2, 0) is 31.4 Å². The first-order valence-electron chi connectivity index (χ1n) is 12.8. The molecule has 0 aromatic heterocycles. The summed E-state index contributed by atoms with van der Waals surface area (Å²) in [6, 6.07) is 33.2. The molecular formula is C32H26F3NO4S. The maximum absolute atomic E-state index is 14.2. The Labute approximate surface area is 236 Å². The number of carbonyl (C=O) groups is 1. The van der Waals surface area contributed by atoms with E-state index in [1.807, 2.05) is 0 Å². The second kappa shape index (κ2) is 11.3. The van der Waals surface area contributed by atoms with Crippen molar-refractivity contribution in [2.75, 3.05) is 6.54 Å². The highest BCUT2D eigenvalue weighted by molar-refractivity contribution is 7.96. The lowest BCUT2D eigenvalue weighted by atomic mass is 9.63. The Kier molecular flexibility index (Phi) is 7.84. The SMILES string of the molecule is O=C(OCc1ccccc1)[C@H]1NCC(S(=O)(=O)C(F)(F)F)=C1C(c1ccccc1)(c1ccccc1)c1ccccc1. The first-order valence-corrected chi connectivity index (χ1v) is 14.3. The minimum atomic E-state index is -5.86. The van der Waals surface area contributed by atoms with Gasteiger partial charge in [0.25, 0.3) is 9.84 Å². The smallest absolute Gasteiger partial charge is 0.459 e. The lowest BCUT2D eigenvalue weighted by Crippen LogP contribution is -2.44. The molecule has 1 heterocycles. The second-order valence-electron chi connectivity index (χ2n) is 9.54. The molecule has 0 bridgehead atoms. The number of rotatable bonds is 8. The first-order chi connectivity index (χ1) is 19.7. The van der Waals surface area contributed by atoms with E-state index in [0.29, 0.717) is 22.3 Å². The van der Waals surface area contributed by atoms with Crippen LogP contribution in [0, 0.1) is 0 Å². The lowest BCUT2D eigenvalue weighted by Gasteiger charge is -2.40. The third kappa shape index (κ3) is 5.18. The maximum Gasteiger partial charge on any atom is 0.501 e. The topological polar surface area (TPSA) is 72.5 Å². The van der Waals surface area contributed by atoms with Gasteiger partial charge < -0.3 is 4.74 Å². The Morgan fingerprint density at radius 1 is 0.732 bits per heavy atom. The summed E-state index contributed by atoms with van der Waals surface area (Å²) in [5.74, 6) is -0.886. The average molecular weight is 578 g/mol. The van der Waals surface area contributed by atoms with Crippen LogP contribution in [-0.4, -0.2) is 32.5 Å². The quantitative estimate of drug-likeness (QED) is 0.208. The van der Waals surface area contributed by atoms with E-state index < -0.39 is 44.2 Å². The lowest BCUT2D eigenvalue weighted by molar-refractivity contribution is -0.146. The highest BCUT2D eigenvalue weighted by atomic mass is 32.2. The van der Waals surface area contributed by atoms with Crippen molar-refractivity contribution in [2.45, 2.75) is 23.6 Å². The van der Waals surface area contributed by atoms with Crippen molar-refractivity contribution in [3.63, 3.8) is 0 Å². The number of hydrogen-bond donors (Lipinski definition) is 1. The highest BCUT2D eigenvalue weighted by Gasteiger charge is 2.57. The van der Waals surface area contributed by atoms with Crippen molar-refractivity contribution >= 4 is 15.8 Å². The molecule has 0 fully saturated rings. The van der Waals surface area contributed by atoms with Gasteiger partial charge in [0.2, 0.25) is 0 Å². The zero-order chi connectivity index (χ0) is 29.1. The van der Waals surface area contributed by atoms with E-state index in [4.69, 9.17) is 4.74 Å². The molecule has 0 saturated heterocycles. The van der Waals surface area contributed by atoms with Crippen molar-refractivity contribution in [1.29, 1.82) is 0 Å². The summed E-state index contributed by atoms with van der Waals surface area (Å²) in [7, 11) is -5.86. The Bertz CT molecular complexity index is 1540. The van der Waals surface area contributed by atoms with Gasteiger partial charge in [-0.05, 0) is 27.8 Å². The van der Waals surface area contributed by atoms with Gasteiger partial charge in [-0.3, -0.25) is 5.32 Å². The third-order valence-electron chi connectivity index (χ3n) is 7.17. The average Bonchev–Trinajstić information content (AvgIpc) is 3.44. The van der Waals surface area contributed by atoms with Gasteiger partial charge in [0, 0.05) is 6.54 Å². The van der Waals surface area contributed by atoms with E-state index >= 15 is 0 Å². The molecule has 1 N–H and O–H groups in total. The second-order valence-corrected chi connectivity index (χ2v) is 11.5. The molecule has 41 heavy (non-hydrogen) atoms. The predicted molar refractivity (Wildman–Crippen MR) is 149 cm³/mol. The van der Waals surface area contributed by atoms with Crippen LogP contribution in [0.15, 0.2) is 132 Å². The molecule has 0 spiro atoms. The predicted octanol–water partition coefficient (Wildman–Crippen LogP) is 5.92. The van der Waals surface area contributed by atoms with Crippen LogP contribution in [0.25, 0.3) is 0 Å². The monoisotopic (exact) mass is 577 g/mol. The van der Waals surface area contributed by atoms with Crippen LogP contribution in [0.3, 0.4) is 0 Å². The van der Waals surface area contributed by atoms with E-state index in [-0.39, 0.29) is 12.2 Å². The molecule has 9 heteroatoms. The van der Waals surface area contributed by atoms with Gasteiger partial charge in [-0.2, -0.15) is 13.2 Å². The zero-order valence-electron chi connectivity index (χ0n) is 21.7. The molecule has 0 amide bonds. The fourth-order valence-corrected chi connectivity index (χ4v) is 6.52. The number of sulfone groups is 1. The van der Waals surface area contributed by atoms with Gasteiger partial charge in [0.15, 0.2) is 0 Å². The molecule has 210 valence electrons. The molecular weight excluding hydrogens is 551 g/mol. The summed E-state index contributed by atoms with van der Waals surface area (Å²) in [4.78, 5) is 12.8. The Hall–Kier alpha value is -4.21. The van der Waals surface area contributed by atoms with Crippen LogP contribution < -0.4 is 5.32 Å². The van der Waals surface area contributed by atoms with Crippen molar-refractivity contribution in [1.82, 2.24) is 5.32 Å². The molecule has 0 saturated carbocycles. The summed E-state index contributed by atoms with van der Waals surface area (Å²) >= 11 is 0. The van der Waals surface area contributed by atoms with E-state index in [1.165, 1.54) is 0 Å². The van der Waals surface area contributed by atoms with Gasteiger partial charge >= 0.3 is 11.5 Å². The molecule has 1 aliphatic rings. The zero-order valence-corrected chi connectivity index (χ0v) is 22.5. The molecule has 1 atom stereocenters. The van der Waals surface area contributed by atoms with Gasteiger partial charge in [-0.25, -0.2) is 13.2 Å². The minimum Gasteiger partial charge on any atom is -0.459 e. The van der Waals surface area contributed by atoms with Crippen molar-refractivity contribution in [2.24, 2.45) is 0 Å². The molecule has 5 rings (SSSR count). The van der Waals surface area contributed by atoms with Crippen LogP contribution >= 0.6 is 0 Å². The van der Waals surface area contributed by atoms with Crippen molar-refractivity contribution < 1.29 is 31.1 Å². The Morgan fingerprint density at radius 2 is 1.15 bits per heavy atom. The van der Waals surface area contributed by atoms with Crippen molar-refractivity contribution in [3.05, 3.63) is 154 Å². The van der Waals surface area contributed by atoms with Gasteiger partial charge in [-0.15, -0.1) is 0 Å². The van der Waals surface area contributed by atoms with Crippen LogP contribution in [0.2, 0.25) is 0 Å². The largest absolute Gasteiger partial charge is 0.501 e. The number of hydrogen-bond acceptors (Lipinski definition) is 5. The first kappa shape index (κ1) is 28.3. The molecule has 0 unspecified atom stereocenters. The van der Waals surface area contributed by atoms with Gasteiger partial charge in [0.1, 0.15) is 12.6 Å². The standard InChI is InChI=1S/C32H26F3NO4S/c33-32(34,35)41(38,39)27-21-36-29(30(37)40-22-23-13-5-1-6-14-23)28(27)31(24-15-7-2-8-16-24,25-17-9-3-10-18-25)26-19-11-4-12-20-26/h1-20,29,36H,21-22H2/t29-/m0/s1. The minimum absolute atomic E-state index is 0.137. The van der Waals surface area contributed by atoms with E-state index in [9.17, 15) is 26.4 Å². The van der Waals surface area contributed by atoms with Crippen molar-refractivity contribution in [3.8, 4) is 0 Å². The van der Waals surface area contributed by atoms with E-state index in [1.54, 1.807) is 121 Å². The summed E-state index contributed by atoms with van der Waals surface area (Å²) < 4.78 is 74.5. The van der Waals surface area contributed by atoms with Crippen LogP contribution in [0.5, 0.6) is 0 Å². The fraction of sp³-hybridized carbons (Fsp3) is 0.156. The van der Waals surface area contributed by atoms with Gasteiger partial charge in [0.05, 0.1) is 10.3 Å². The number of alkyl halides is 3. The molecule has 0 radical (unpaired) electrons. The third-order valence-corrected chi connectivity index (χ3v) is 8.79.